The zero-order valence-corrected chi connectivity index (χ0v) is 30.3. The van der Waals surface area contributed by atoms with E-state index in [0.29, 0.717) is 71.4 Å². The molecule has 50 heavy (non-hydrogen) atoms. The van der Waals surface area contributed by atoms with Crippen LogP contribution in [0.2, 0.25) is 0 Å². The molecule has 1 unspecified atom stereocenters. The molecule has 2 aromatic heterocycles. The highest BCUT2D eigenvalue weighted by Crippen LogP contribution is 2.40. The van der Waals surface area contributed by atoms with E-state index in [1.807, 2.05) is 65.0 Å². The van der Waals surface area contributed by atoms with E-state index in [1.54, 1.807) is 28.8 Å². The minimum atomic E-state index is -1.05. The van der Waals surface area contributed by atoms with E-state index < -0.39 is 17.7 Å². The molecule has 1 fully saturated rings. The quantitative estimate of drug-likeness (QED) is 0.102. The number of anilines is 1. The van der Waals surface area contributed by atoms with E-state index in [2.05, 4.69) is 25.0 Å². The summed E-state index contributed by atoms with van der Waals surface area (Å²) in [5.41, 5.74) is 3.29. The number of carbonyl (C=O) groups is 1. The highest BCUT2D eigenvalue weighted by molar-refractivity contribution is 5.81. The highest BCUT2D eigenvalue weighted by atomic mass is 19.1. The Balaban J connectivity index is 1.65. The van der Waals surface area contributed by atoms with Crippen molar-refractivity contribution in [1.82, 2.24) is 14.6 Å². The van der Waals surface area contributed by atoms with Crippen molar-refractivity contribution < 1.29 is 28.1 Å². The average molecular weight is 685 g/mol. The second-order valence-corrected chi connectivity index (χ2v) is 14.1. The van der Waals surface area contributed by atoms with Crippen molar-refractivity contribution in [2.24, 2.45) is 0 Å². The number of carbonyl (C=O) groups excluding carboxylic acids is 1. The van der Waals surface area contributed by atoms with Crippen LogP contribution in [0.4, 0.5) is 10.2 Å². The lowest BCUT2D eigenvalue weighted by Gasteiger charge is -2.41. The molecule has 0 amide bonds. The van der Waals surface area contributed by atoms with Crippen LogP contribution in [0.25, 0.3) is 28.0 Å². The van der Waals surface area contributed by atoms with Gasteiger partial charge < -0.3 is 23.8 Å². The first-order chi connectivity index (χ1) is 23.8. The van der Waals surface area contributed by atoms with Crippen LogP contribution in [0.3, 0.4) is 0 Å². The first-order valence-electron chi connectivity index (χ1n) is 17.1. The molecule has 3 heterocycles. The summed E-state index contributed by atoms with van der Waals surface area (Å²) in [6.07, 6.45) is 4.46. The van der Waals surface area contributed by atoms with E-state index in [0.717, 1.165) is 18.4 Å². The standard InChI is InChI=1S/C40H49FN4O5/c1-10-14-26(3)49-32-18-13-17-30(41)35(32)29-16-12-15-28(24-29)31-25-33-42-27(4)34(36(38(46)47-9)50-39(5,6)7)37(45(33)43-31)44-21-19-40(8,20-22-44)48-23-11-2/h10-13,15-18,24-26,36H,1-2,14,19-23H2,3-9H3/t26-,36?/m0/s1. The van der Waals surface area contributed by atoms with Crippen molar-refractivity contribution in [3.05, 3.63) is 90.9 Å². The summed E-state index contributed by atoms with van der Waals surface area (Å²) in [6.45, 7) is 21.0. The lowest BCUT2D eigenvalue weighted by molar-refractivity contribution is -0.164. The number of aryl methyl sites for hydroxylation is 1. The predicted molar refractivity (Wildman–Crippen MR) is 195 cm³/mol. The van der Waals surface area contributed by atoms with Gasteiger partial charge in [0, 0.05) is 36.8 Å². The first-order valence-corrected chi connectivity index (χ1v) is 17.1. The average Bonchev–Trinajstić information content (AvgIpc) is 3.49. The van der Waals surface area contributed by atoms with Crippen LogP contribution in [-0.2, 0) is 19.0 Å². The molecule has 1 aliphatic rings. The maximum atomic E-state index is 15.4. The van der Waals surface area contributed by atoms with Gasteiger partial charge in [0.2, 0.25) is 0 Å². The summed E-state index contributed by atoms with van der Waals surface area (Å²) in [6, 6.07) is 14.3. The van der Waals surface area contributed by atoms with E-state index >= 15 is 4.39 Å². The van der Waals surface area contributed by atoms with Crippen molar-refractivity contribution in [2.45, 2.75) is 84.2 Å². The molecule has 0 N–H and O–H groups in total. The van der Waals surface area contributed by atoms with Gasteiger partial charge in [-0.3, -0.25) is 0 Å². The third kappa shape index (κ3) is 8.08. The number of methoxy groups -OCH3 is 1. The van der Waals surface area contributed by atoms with Crippen LogP contribution in [0.15, 0.2) is 73.8 Å². The fourth-order valence-electron chi connectivity index (χ4n) is 6.36. The maximum Gasteiger partial charge on any atom is 0.339 e. The molecule has 0 bridgehead atoms. The number of piperidine rings is 1. The minimum Gasteiger partial charge on any atom is -0.490 e. The summed E-state index contributed by atoms with van der Waals surface area (Å²) in [7, 11) is 1.36. The Hall–Kier alpha value is -4.54. The monoisotopic (exact) mass is 684 g/mol. The summed E-state index contributed by atoms with van der Waals surface area (Å²) in [5.74, 6) is 0.262. The highest BCUT2D eigenvalue weighted by Gasteiger charge is 2.38. The number of ether oxygens (including phenoxy) is 4. The number of aromatic nitrogens is 3. The number of halogens is 1. The van der Waals surface area contributed by atoms with Crippen molar-refractivity contribution in [3.63, 3.8) is 0 Å². The number of hydrogen-bond acceptors (Lipinski definition) is 8. The molecule has 5 rings (SSSR count). The summed E-state index contributed by atoms with van der Waals surface area (Å²) < 4.78 is 41.2. The summed E-state index contributed by atoms with van der Waals surface area (Å²) >= 11 is 0. The normalized spacial score (nSPS) is 15.8. The zero-order valence-electron chi connectivity index (χ0n) is 30.3. The number of fused-ring (bicyclic) bond motifs is 1. The third-order valence-corrected chi connectivity index (χ3v) is 8.87. The fourth-order valence-corrected chi connectivity index (χ4v) is 6.36. The Bertz CT molecular complexity index is 1850. The van der Waals surface area contributed by atoms with Gasteiger partial charge in [0.1, 0.15) is 17.4 Å². The van der Waals surface area contributed by atoms with Crippen LogP contribution in [0, 0.1) is 12.7 Å². The Kier molecular flexibility index (Phi) is 11.1. The van der Waals surface area contributed by atoms with E-state index in [9.17, 15) is 4.79 Å². The molecule has 4 aromatic rings. The van der Waals surface area contributed by atoms with Crippen LogP contribution < -0.4 is 9.64 Å². The van der Waals surface area contributed by atoms with Crippen LogP contribution in [0.5, 0.6) is 5.75 Å². The van der Waals surface area contributed by atoms with Gasteiger partial charge in [-0.05, 0) is 78.1 Å². The van der Waals surface area contributed by atoms with Crippen molar-refractivity contribution in [3.8, 4) is 28.1 Å². The minimum absolute atomic E-state index is 0.172. The van der Waals surface area contributed by atoms with Gasteiger partial charge in [0.15, 0.2) is 11.8 Å². The fraction of sp³-hybridized carbons (Fsp3) is 0.425. The molecular weight excluding hydrogens is 635 g/mol. The predicted octanol–water partition coefficient (Wildman–Crippen LogP) is 8.44. The maximum absolute atomic E-state index is 15.4. The number of benzene rings is 2. The van der Waals surface area contributed by atoms with Crippen molar-refractivity contribution in [1.29, 1.82) is 0 Å². The molecule has 2 aromatic carbocycles. The molecule has 10 heteroatoms. The molecular formula is C40H49FN4O5. The van der Waals surface area contributed by atoms with Gasteiger partial charge in [-0.15, -0.1) is 13.2 Å². The Morgan fingerprint density at radius 3 is 2.44 bits per heavy atom. The summed E-state index contributed by atoms with van der Waals surface area (Å²) in [5, 5.41) is 5.09. The molecule has 1 aliphatic heterocycles. The number of hydrogen-bond donors (Lipinski definition) is 0. The molecule has 0 spiro atoms. The Morgan fingerprint density at radius 1 is 1.08 bits per heavy atom. The van der Waals surface area contributed by atoms with Crippen LogP contribution in [0.1, 0.15) is 71.2 Å². The molecule has 9 nitrogen and oxygen atoms in total. The largest absolute Gasteiger partial charge is 0.490 e. The second kappa shape index (κ2) is 15.1. The molecule has 0 aliphatic carbocycles. The van der Waals surface area contributed by atoms with Gasteiger partial charge in [0.25, 0.3) is 0 Å². The SMILES string of the molecule is C=CCOC1(C)CCN(c2c(C(OC(C)(C)C)C(=O)OC)c(C)nc3cc(-c4cccc(-c5c(F)cccc5O[C@@H](C)CC=C)c4)nn23)CC1. The Labute approximate surface area is 294 Å². The van der Waals surface area contributed by atoms with Gasteiger partial charge in [-0.25, -0.2) is 14.2 Å². The van der Waals surface area contributed by atoms with Gasteiger partial charge in [-0.2, -0.15) is 9.61 Å². The van der Waals surface area contributed by atoms with Gasteiger partial charge in [-0.1, -0.05) is 36.4 Å². The van der Waals surface area contributed by atoms with E-state index in [-0.39, 0.29) is 17.5 Å². The lowest BCUT2D eigenvalue weighted by Crippen LogP contribution is -2.45. The van der Waals surface area contributed by atoms with Crippen LogP contribution in [-0.4, -0.2) is 64.7 Å². The van der Waals surface area contributed by atoms with Crippen molar-refractivity contribution >= 4 is 17.4 Å². The molecule has 2 atom stereocenters. The Morgan fingerprint density at radius 2 is 1.78 bits per heavy atom. The summed E-state index contributed by atoms with van der Waals surface area (Å²) in [4.78, 5) is 20.5. The van der Waals surface area contributed by atoms with Crippen molar-refractivity contribution in [2.75, 3.05) is 31.7 Å². The lowest BCUT2D eigenvalue weighted by atomic mass is 9.92. The smallest absolute Gasteiger partial charge is 0.339 e. The van der Waals surface area contributed by atoms with E-state index in [4.69, 9.17) is 29.0 Å². The van der Waals surface area contributed by atoms with Crippen LogP contribution >= 0.6 is 0 Å². The zero-order chi connectivity index (χ0) is 36.2. The van der Waals surface area contributed by atoms with Gasteiger partial charge >= 0.3 is 5.97 Å². The molecule has 0 radical (unpaired) electrons. The van der Waals surface area contributed by atoms with E-state index in [1.165, 1.54) is 13.2 Å². The second-order valence-electron chi connectivity index (χ2n) is 14.1. The molecule has 266 valence electrons. The first kappa shape index (κ1) is 36.7. The number of rotatable bonds is 13. The number of esters is 1. The molecule has 0 saturated carbocycles. The topological polar surface area (TPSA) is 87.4 Å². The molecule has 1 saturated heterocycles. The third-order valence-electron chi connectivity index (χ3n) is 8.87. The van der Waals surface area contributed by atoms with Gasteiger partial charge in [0.05, 0.1) is 47.8 Å². The number of nitrogens with zero attached hydrogens (tertiary/aromatic N) is 4.